The van der Waals surface area contributed by atoms with Crippen LogP contribution in [0.1, 0.15) is 18.9 Å². The quantitative estimate of drug-likeness (QED) is 0.732. The fourth-order valence-corrected chi connectivity index (χ4v) is 1.38. The molecule has 0 fully saturated rings. The Bertz CT molecular complexity index is 278. The van der Waals surface area contributed by atoms with E-state index in [4.69, 9.17) is 10.5 Å². The lowest BCUT2D eigenvalue weighted by molar-refractivity contribution is 0.0176. The van der Waals surface area contributed by atoms with Crippen molar-refractivity contribution in [3.63, 3.8) is 0 Å². The summed E-state index contributed by atoms with van der Waals surface area (Å²) in [5.41, 5.74) is 4.49. The van der Waals surface area contributed by atoms with Gasteiger partial charge in [-0.1, -0.05) is 37.3 Å². The summed E-state index contributed by atoms with van der Waals surface area (Å²) in [5, 5.41) is 0. The van der Waals surface area contributed by atoms with E-state index >= 15 is 0 Å². The summed E-state index contributed by atoms with van der Waals surface area (Å²) in [6.07, 6.45) is 0.884. The maximum atomic E-state index is 14.3. The fraction of sp³-hybridized carbons (Fsp3) is 0.500. The van der Waals surface area contributed by atoms with Crippen molar-refractivity contribution >= 4 is 0 Å². The van der Waals surface area contributed by atoms with Crippen molar-refractivity contribution in [2.75, 3.05) is 19.8 Å². The van der Waals surface area contributed by atoms with Gasteiger partial charge >= 0.3 is 0 Å². The van der Waals surface area contributed by atoms with Crippen LogP contribution in [0.15, 0.2) is 30.3 Å². The van der Waals surface area contributed by atoms with Crippen LogP contribution in [0.4, 0.5) is 4.39 Å². The van der Waals surface area contributed by atoms with Crippen LogP contribution in [-0.2, 0) is 10.4 Å². The van der Waals surface area contributed by atoms with Gasteiger partial charge in [0.25, 0.3) is 0 Å². The molecule has 1 aromatic rings. The molecule has 2 N–H and O–H groups in total. The lowest BCUT2D eigenvalue weighted by Gasteiger charge is -2.23. The van der Waals surface area contributed by atoms with Crippen molar-refractivity contribution < 1.29 is 9.13 Å². The molecule has 0 radical (unpaired) electrons. The number of hydrogen-bond donors (Lipinski definition) is 1. The minimum Gasteiger partial charge on any atom is -0.378 e. The molecule has 0 saturated heterocycles. The second-order valence-electron chi connectivity index (χ2n) is 3.59. The lowest BCUT2D eigenvalue weighted by Crippen LogP contribution is -2.35. The number of ether oxygens (including phenoxy) is 1. The molecule has 84 valence electrons. The highest BCUT2D eigenvalue weighted by atomic mass is 19.1. The summed E-state index contributed by atoms with van der Waals surface area (Å²) in [6.45, 7) is 2.53. The van der Waals surface area contributed by atoms with Crippen LogP contribution >= 0.6 is 0 Å². The van der Waals surface area contributed by atoms with E-state index in [2.05, 4.69) is 0 Å². The molecule has 2 nitrogen and oxygen atoms in total. The molecular weight excluding hydrogens is 193 g/mol. The molecule has 0 amide bonds. The Morgan fingerprint density at radius 3 is 2.53 bits per heavy atom. The lowest BCUT2D eigenvalue weighted by atomic mass is 9.97. The smallest absolute Gasteiger partial charge is 0.171 e. The predicted octanol–water partition coefficient (Wildman–Crippen LogP) is 2.24. The topological polar surface area (TPSA) is 35.2 Å². The molecule has 15 heavy (non-hydrogen) atoms. The summed E-state index contributed by atoms with van der Waals surface area (Å²) in [6, 6.07) is 8.94. The van der Waals surface area contributed by atoms with Crippen molar-refractivity contribution in [1.82, 2.24) is 0 Å². The normalized spacial score (nSPS) is 14.9. The molecule has 0 heterocycles. The number of nitrogens with two attached hydrogens (primary N) is 1. The largest absolute Gasteiger partial charge is 0.378 e. The summed E-state index contributed by atoms with van der Waals surface area (Å²) >= 11 is 0. The third-order valence-corrected chi connectivity index (χ3v) is 2.29. The van der Waals surface area contributed by atoms with E-state index in [-0.39, 0.29) is 13.2 Å². The first-order valence-corrected chi connectivity index (χ1v) is 5.25. The Kier molecular flexibility index (Phi) is 4.72. The Hall–Kier alpha value is -0.930. The maximum absolute atomic E-state index is 14.3. The van der Waals surface area contributed by atoms with Gasteiger partial charge in [0.1, 0.15) is 0 Å². The monoisotopic (exact) mass is 211 g/mol. The summed E-state index contributed by atoms with van der Waals surface area (Å²) < 4.78 is 19.6. The maximum Gasteiger partial charge on any atom is 0.171 e. The van der Waals surface area contributed by atoms with Crippen molar-refractivity contribution in [2.45, 2.75) is 19.0 Å². The first-order valence-electron chi connectivity index (χ1n) is 5.25. The minimum absolute atomic E-state index is 0.0291. The Labute approximate surface area is 90.2 Å². The highest BCUT2D eigenvalue weighted by Crippen LogP contribution is 2.25. The van der Waals surface area contributed by atoms with Crippen LogP contribution in [-0.4, -0.2) is 19.8 Å². The van der Waals surface area contributed by atoms with Crippen LogP contribution in [0, 0.1) is 0 Å². The van der Waals surface area contributed by atoms with Crippen molar-refractivity contribution in [2.24, 2.45) is 5.73 Å². The van der Waals surface area contributed by atoms with E-state index in [9.17, 15) is 4.39 Å². The van der Waals surface area contributed by atoms with Gasteiger partial charge in [-0.15, -0.1) is 0 Å². The molecule has 0 spiro atoms. The predicted molar refractivity (Wildman–Crippen MR) is 59.4 cm³/mol. The molecule has 0 aromatic heterocycles. The standard InChI is InChI=1S/C12H18FNO/c1-2-8-15-10-12(13,9-14)11-6-4-3-5-7-11/h3-7H,2,8-10,14H2,1H3. The molecule has 0 aliphatic heterocycles. The zero-order chi connectivity index (χ0) is 11.1. The SMILES string of the molecule is CCCOCC(F)(CN)c1ccccc1. The molecular formula is C12H18FNO. The van der Waals surface area contributed by atoms with Crippen LogP contribution in [0.25, 0.3) is 0 Å². The van der Waals surface area contributed by atoms with Crippen molar-refractivity contribution in [3.05, 3.63) is 35.9 Å². The molecule has 0 bridgehead atoms. The van der Waals surface area contributed by atoms with Gasteiger partial charge < -0.3 is 10.5 Å². The van der Waals surface area contributed by atoms with Crippen LogP contribution in [0.3, 0.4) is 0 Å². The average molecular weight is 211 g/mol. The number of benzene rings is 1. The van der Waals surface area contributed by atoms with Crippen LogP contribution in [0.5, 0.6) is 0 Å². The van der Waals surface area contributed by atoms with Gasteiger partial charge in [0.2, 0.25) is 0 Å². The molecule has 1 rings (SSSR count). The van der Waals surface area contributed by atoms with E-state index in [0.29, 0.717) is 12.2 Å². The van der Waals surface area contributed by atoms with E-state index in [1.165, 1.54) is 0 Å². The Morgan fingerprint density at radius 1 is 1.33 bits per heavy atom. The van der Waals surface area contributed by atoms with E-state index in [0.717, 1.165) is 6.42 Å². The second-order valence-corrected chi connectivity index (χ2v) is 3.59. The fourth-order valence-electron chi connectivity index (χ4n) is 1.38. The number of alkyl halides is 1. The van der Waals surface area contributed by atoms with E-state index < -0.39 is 5.67 Å². The third-order valence-electron chi connectivity index (χ3n) is 2.29. The zero-order valence-electron chi connectivity index (χ0n) is 9.08. The van der Waals surface area contributed by atoms with Gasteiger partial charge in [-0.25, -0.2) is 4.39 Å². The molecule has 1 aromatic carbocycles. The number of hydrogen-bond acceptors (Lipinski definition) is 2. The van der Waals surface area contributed by atoms with Gasteiger partial charge in [0.05, 0.1) is 6.61 Å². The number of halogens is 1. The molecule has 0 aliphatic rings. The van der Waals surface area contributed by atoms with Crippen molar-refractivity contribution in [3.8, 4) is 0 Å². The van der Waals surface area contributed by atoms with Gasteiger partial charge in [-0.2, -0.15) is 0 Å². The molecule has 0 saturated carbocycles. The van der Waals surface area contributed by atoms with E-state index in [1.807, 2.05) is 13.0 Å². The first kappa shape index (κ1) is 12.1. The molecule has 1 atom stereocenters. The molecule has 0 aliphatic carbocycles. The third kappa shape index (κ3) is 3.29. The van der Waals surface area contributed by atoms with Gasteiger partial charge in [0.15, 0.2) is 5.67 Å². The number of rotatable bonds is 6. The van der Waals surface area contributed by atoms with Crippen LogP contribution < -0.4 is 5.73 Å². The highest BCUT2D eigenvalue weighted by molar-refractivity contribution is 5.23. The second kappa shape index (κ2) is 5.83. The van der Waals surface area contributed by atoms with Gasteiger partial charge in [-0.05, 0) is 12.0 Å². The highest BCUT2D eigenvalue weighted by Gasteiger charge is 2.30. The summed E-state index contributed by atoms with van der Waals surface area (Å²) in [4.78, 5) is 0. The molecule has 3 heteroatoms. The Balaban J connectivity index is 2.67. The van der Waals surface area contributed by atoms with E-state index in [1.54, 1.807) is 24.3 Å². The van der Waals surface area contributed by atoms with Gasteiger partial charge in [0, 0.05) is 13.2 Å². The first-order chi connectivity index (χ1) is 7.23. The summed E-state index contributed by atoms with van der Waals surface area (Å²) in [5.74, 6) is 0. The Morgan fingerprint density at radius 2 is 2.00 bits per heavy atom. The average Bonchev–Trinajstić information content (AvgIpc) is 2.30. The summed E-state index contributed by atoms with van der Waals surface area (Å²) in [7, 11) is 0. The van der Waals surface area contributed by atoms with Crippen LogP contribution in [0.2, 0.25) is 0 Å². The van der Waals surface area contributed by atoms with Crippen molar-refractivity contribution in [1.29, 1.82) is 0 Å². The van der Waals surface area contributed by atoms with Gasteiger partial charge in [-0.3, -0.25) is 0 Å². The molecule has 1 unspecified atom stereocenters. The minimum atomic E-state index is -1.56. The zero-order valence-corrected chi connectivity index (χ0v) is 9.08.